The van der Waals surface area contributed by atoms with Crippen molar-refractivity contribution in [2.45, 2.75) is 45.1 Å². The van der Waals surface area contributed by atoms with Crippen LogP contribution >= 0.6 is 0 Å². The number of ketones is 1. The van der Waals surface area contributed by atoms with Crippen molar-refractivity contribution in [3.63, 3.8) is 0 Å². The fourth-order valence-electron chi connectivity index (χ4n) is 4.52. The molecule has 2 aliphatic rings. The van der Waals surface area contributed by atoms with E-state index in [-0.39, 0.29) is 12.0 Å². The molecule has 0 bridgehead atoms. The Morgan fingerprint density at radius 3 is 2.91 bits per heavy atom. The van der Waals surface area contributed by atoms with Crippen molar-refractivity contribution in [2.24, 2.45) is 23.7 Å². The predicted octanol–water partition coefficient (Wildman–Crippen LogP) is 3.24. The highest BCUT2D eigenvalue weighted by Crippen LogP contribution is 2.48. The maximum absolute atomic E-state index is 12.4. The Morgan fingerprint density at radius 2 is 2.14 bits per heavy atom. The zero-order valence-corrected chi connectivity index (χ0v) is 13.5. The Kier molecular flexibility index (Phi) is 4.53. The molecule has 1 N–H and O–H groups in total. The summed E-state index contributed by atoms with van der Waals surface area (Å²) in [4.78, 5) is 12.4. The van der Waals surface area contributed by atoms with E-state index in [1.54, 1.807) is 7.11 Å². The van der Waals surface area contributed by atoms with Gasteiger partial charge in [0.25, 0.3) is 0 Å². The third-order valence-electron chi connectivity index (χ3n) is 5.75. The number of Topliss-reactive ketones (excluding diaryl/α,β-unsaturated/α-hetero) is 1. The van der Waals surface area contributed by atoms with Gasteiger partial charge in [0.15, 0.2) is 0 Å². The van der Waals surface area contributed by atoms with Crippen molar-refractivity contribution < 1.29 is 14.6 Å². The smallest absolute Gasteiger partial charge is 0.136 e. The van der Waals surface area contributed by atoms with Gasteiger partial charge in [-0.1, -0.05) is 19.1 Å². The van der Waals surface area contributed by atoms with Crippen LogP contribution in [-0.2, 0) is 11.2 Å². The average Bonchev–Trinajstić information content (AvgIpc) is 2.81. The molecule has 0 aromatic heterocycles. The van der Waals surface area contributed by atoms with Crippen LogP contribution in [0.3, 0.4) is 0 Å². The van der Waals surface area contributed by atoms with Crippen LogP contribution in [0.1, 0.15) is 38.2 Å². The van der Waals surface area contributed by atoms with Crippen LogP contribution in [0.15, 0.2) is 24.3 Å². The zero-order chi connectivity index (χ0) is 15.7. The number of hydrogen-bond donors (Lipinski definition) is 1. The van der Waals surface area contributed by atoms with Gasteiger partial charge < -0.3 is 9.84 Å². The molecule has 5 atom stereocenters. The Morgan fingerprint density at radius 1 is 1.32 bits per heavy atom. The summed E-state index contributed by atoms with van der Waals surface area (Å²) in [7, 11) is 1.68. The number of carbonyl (C=O) groups is 1. The second kappa shape index (κ2) is 6.41. The summed E-state index contributed by atoms with van der Waals surface area (Å²) < 4.78 is 5.27. The van der Waals surface area contributed by atoms with Crippen LogP contribution in [0.5, 0.6) is 5.75 Å². The minimum atomic E-state index is -0.211. The van der Waals surface area contributed by atoms with E-state index in [1.807, 2.05) is 12.1 Å². The van der Waals surface area contributed by atoms with E-state index in [9.17, 15) is 9.90 Å². The standard InChI is InChI=1S/C19H26O3/c1-12-10-17-15(18(20)9-8-16(17)19(12)21)7-6-13-4-3-5-14(11-13)22-2/h3-5,11-12,15-17,19,21H,6-10H2,1-2H3/t12?,15?,16?,17?,19-/m0/s1. The molecule has 3 nitrogen and oxygen atoms in total. The van der Waals surface area contributed by atoms with Gasteiger partial charge in [0.2, 0.25) is 0 Å². The number of aliphatic hydroxyl groups is 1. The first-order valence-electron chi connectivity index (χ1n) is 8.44. The van der Waals surface area contributed by atoms with Crippen LogP contribution in [0.2, 0.25) is 0 Å². The predicted molar refractivity (Wildman–Crippen MR) is 85.8 cm³/mol. The lowest BCUT2D eigenvalue weighted by atomic mass is 9.70. The number of carbonyl (C=O) groups excluding carboxylic acids is 1. The van der Waals surface area contributed by atoms with E-state index < -0.39 is 0 Å². The molecule has 1 aromatic rings. The summed E-state index contributed by atoms with van der Waals surface area (Å²) in [6.45, 7) is 2.12. The second-order valence-electron chi connectivity index (χ2n) is 7.03. The maximum Gasteiger partial charge on any atom is 0.136 e. The van der Waals surface area contributed by atoms with Crippen LogP contribution < -0.4 is 4.74 Å². The molecule has 4 unspecified atom stereocenters. The Balaban J connectivity index is 1.68. The highest BCUT2D eigenvalue weighted by Gasteiger charge is 2.47. The van der Waals surface area contributed by atoms with E-state index in [0.717, 1.165) is 31.4 Å². The van der Waals surface area contributed by atoms with Crippen molar-refractivity contribution in [2.75, 3.05) is 7.11 Å². The lowest BCUT2D eigenvalue weighted by molar-refractivity contribution is -0.129. The first-order chi connectivity index (χ1) is 10.6. The van der Waals surface area contributed by atoms with Crippen LogP contribution in [0.4, 0.5) is 0 Å². The highest BCUT2D eigenvalue weighted by atomic mass is 16.5. The lowest BCUT2D eigenvalue weighted by Crippen LogP contribution is -2.35. The highest BCUT2D eigenvalue weighted by molar-refractivity contribution is 5.82. The molecule has 2 fully saturated rings. The van der Waals surface area contributed by atoms with Gasteiger partial charge in [-0.3, -0.25) is 4.79 Å². The van der Waals surface area contributed by atoms with Gasteiger partial charge in [0.05, 0.1) is 13.2 Å². The van der Waals surface area contributed by atoms with Crippen molar-refractivity contribution >= 4 is 5.78 Å². The first kappa shape index (κ1) is 15.5. The van der Waals surface area contributed by atoms with E-state index in [0.29, 0.717) is 30.0 Å². The number of aliphatic hydroxyl groups excluding tert-OH is 1. The molecule has 1 aromatic carbocycles. The first-order valence-corrected chi connectivity index (χ1v) is 8.44. The molecule has 2 aliphatic carbocycles. The van der Waals surface area contributed by atoms with Gasteiger partial charge >= 0.3 is 0 Å². The molecular formula is C19H26O3. The number of ether oxygens (including phenoxy) is 1. The zero-order valence-electron chi connectivity index (χ0n) is 13.5. The normalized spacial score (nSPS) is 34.5. The van der Waals surface area contributed by atoms with Crippen LogP contribution in [0.25, 0.3) is 0 Å². The molecule has 0 aliphatic heterocycles. The Labute approximate surface area is 132 Å². The monoisotopic (exact) mass is 302 g/mol. The van der Waals surface area contributed by atoms with Crippen molar-refractivity contribution in [1.29, 1.82) is 0 Å². The van der Waals surface area contributed by atoms with Crippen molar-refractivity contribution in [3.05, 3.63) is 29.8 Å². The van der Waals surface area contributed by atoms with Crippen molar-refractivity contribution in [3.8, 4) is 5.75 Å². The lowest BCUT2D eigenvalue weighted by Gasteiger charge is -2.33. The second-order valence-corrected chi connectivity index (χ2v) is 7.03. The quantitative estimate of drug-likeness (QED) is 0.929. The summed E-state index contributed by atoms with van der Waals surface area (Å²) in [5.41, 5.74) is 1.22. The molecule has 0 heterocycles. The largest absolute Gasteiger partial charge is 0.497 e. The molecule has 3 heteroatoms. The summed E-state index contributed by atoms with van der Waals surface area (Å²) in [5, 5.41) is 10.3. The number of rotatable bonds is 4. The van der Waals surface area contributed by atoms with Gasteiger partial charge in [0, 0.05) is 12.3 Å². The number of fused-ring (bicyclic) bond motifs is 1. The molecule has 0 amide bonds. The number of hydrogen-bond acceptors (Lipinski definition) is 3. The minimum absolute atomic E-state index is 0.129. The Bertz CT molecular complexity index is 539. The van der Waals surface area contributed by atoms with Crippen LogP contribution in [-0.4, -0.2) is 24.1 Å². The summed E-state index contributed by atoms with van der Waals surface area (Å²) in [5.74, 6) is 2.46. The molecule has 2 saturated carbocycles. The molecular weight excluding hydrogens is 276 g/mol. The molecule has 0 saturated heterocycles. The summed E-state index contributed by atoms with van der Waals surface area (Å²) in [6, 6.07) is 8.09. The third-order valence-corrected chi connectivity index (χ3v) is 5.75. The number of benzene rings is 1. The fourth-order valence-corrected chi connectivity index (χ4v) is 4.52. The van der Waals surface area contributed by atoms with Gasteiger partial charge in [-0.05, 0) is 61.1 Å². The number of methoxy groups -OCH3 is 1. The maximum atomic E-state index is 12.4. The Hall–Kier alpha value is -1.35. The third kappa shape index (κ3) is 2.91. The topological polar surface area (TPSA) is 46.5 Å². The van der Waals surface area contributed by atoms with E-state index in [2.05, 4.69) is 19.1 Å². The van der Waals surface area contributed by atoms with Gasteiger partial charge in [-0.15, -0.1) is 0 Å². The van der Waals surface area contributed by atoms with Crippen molar-refractivity contribution in [1.82, 2.24) is 0 Å². The molecule has 22 heavy (non-hydrogen) atoms. The molecule has 120 valence electrons. The van der Waals surface area contributed by atoms with E-state index in [4.69, 9.17) is 4.74 Å². The summed E-state index contributed by atoms with van der Waals surface area (Å²) in [6.07, 6.45) is 4.12. The molecule has 0 spiro atoms. The fraction of sp³-hybridized carbons (Fsp3) is 0.632. The van der Waals surface area contributed by atoms with E-state index >= 15 is 0 Å². The SMILES string of the molecule is COc1cccc(CCC2C(=O)CCC3C2CC(C)[C@@H]3O)c1. The van der Waals surface area contributed by atoms with Crippen LogP contribution in [0, 0.1) is 23.7 Å². The van der Waals surface area contributed by atoms with Gasteiger partial charge in [-0.2, -0.15) is 0 Å². The minimum Gasteiger partial charge on any atom is -0.497 e. The van der Waals surface area contributed by atoms with Gasteiger partial charge in [-0.25, -0.2) is 0 Å². The summed E-state index contributed by atoms with van der Waals surface area (Å²) >= 11 is 0. The number of aryl methyl sites for hydroxylation is 1. The van der Waals surface area contributed by atoms with E-state index in [1.165, 1.54) is 5.56 Å². The molecule has 0 radical (unpaired) electrons. The molecule has 3 rings (SSSR count). The van der Waals surface area contributed by atoms with Gasteiger partial charge in [0.1, 0.15) is 11.5 Å². The average molecular weight is 302 g/mol.